The van der Waals surface area contributed by atoms with Crippen molar-refractivity contribution in [3.63, 3.8) is 0 Å². The van der Waals surface area contributed by atoms with Gasteiger partial charge in [0.05, 0.1) is 0 Å². The Bertz CT molecular complexity index is 510. The van der Waals surface area contributed by atoms with E-state index in [1.807, 2.05) is 13.8 Å². The van der Waals surface area contributed by atoms with E-state index in [1.54, 1.807) is 12.2 Å². The molecule has 0 aromatic heterocycles. The highest BCUT2D eigenvalue weighted by Crippen LogP contribution is 2.21. The number of allylic oxidation sites excluding steroid dienone is 9. The molecular formula is C19H25F. The standard InChI is InChI=1S/C19H25F/c1-7-9-11-18(13-16(5)15(3)4)14-17(6)19(20)12-10-8-2/h8,10,12-13H,2,11,14H2,1,3-6H3/b12-10-,18-13+,19-17-. The minimum absolute atomic E-state index is 0.199. The maximum absolute atomic E-state index is 13.8. The summed E-state index contributed by atoms with van der Waals surface area (Å²) < 4.78 is 13.8. The van der Waals surface area contributed by atoms with Crippen LogP contribution < -0.4 is 0 Å². The van der Waals surface area contributed by atoms with Gasteiger partial charge >= 0.3 is 0 Å². The lowest BCUT2D eigenvalue weighted by Crippen LogP contribution is -1.89. The van der Waals surface area contributed by atoms with Gasteiger partial charge in [0.2, 0.25) is 0 Å². The minimum Gasteiger partial charge on any atom is -0.207 e. The summed E-state index contributed by atoms with van der Waals surface area (Å²) in [5.41, 5.74) is 4.33. The molecule has 0 atom stereocenters. The van der Waals surface area contributed by atoms with E-state index in [1.165, 1.54) is 17.2 Å². The summed E-state index contributed by atoms with van der Waals surface area (Å²) in [4.78, 5) is 0. The van der Waals surface area contributed by atoms with Crippen molar-refractivity contribution in [2.45, 2.75) is 47.5 Å². The molecule has 0 N–H and O–H groups in total. The molecule has 0 heterocycles. The maximum atomic E-state index is 13.8. The van der Waals surface area contributed by atoms with Crippen molar-refractivity contribution in [2.24, 2.45) is 0 Å². The SMILES string of the molecule is C=C/C=C\C(F)=C(/C)C/C(=C/C(C)=C(C)C)CC#CC. The second kappa shape index (κ2) is 10.0. The fraction of sp³-hybridized carbons (Fsp3) is 0.368. The van der Waals surface area contributed by atoms with Crippen LogP contribution in [0.2, 0.25) is 0 Å². The third-order valence-corrected chi connectivity index (χ3v) is 2.98. The molecule has 0 aliphatic rings. The van der Waals surface area contributed by atoms with E-state index in [2.05, 4.69) is 45.3 Å². The van der Waals surface area contributed by atoms with Crippen molar-refractivity contribution in [2.75, 3.05) is 0 Å². The van der Waals surface area contributed by atoms with Crippen molar-refractivity contribution in [1.82, 2.24) is 0 Å². The zero-order valence-electron chi connectivity index (χ0n) is 13.3. The summed E-state index contributed by atoms with van der Waals surface area (Å²) in [5.74, 6) is 5.75. The lowest BCUT2D eigenvalue weighted by Gasteiger charge is -2.07. The van der Waals surface area contributed by atoms with Gasteiger partial charge in [0.1, 0.15) is 5.83 Å². The highest BCUT2D eigenvalue weighted by Gasteiger charge is 2.03. The summed E-state index contributed by atoms with van der Waals surface area (Å²) in [6.07, 6.45) is 8.02. The number of hydrogen-bond acceptors (Lipinski definition) is 0. The monoisotopic (exact) mass is 272 g/mol. The molecule has 0 radical (unpaired) electrons. The predicted molar refractivity (Wildman–Crippen MR) is 88.0 cm³/mol. The summed E-state index contributed by atoms with van der Waals surface area (Å²) in [6, 6.07) is 0. The van der Waals surface area contributed by atoms with E-state index in [0.29, 0.717) is 18.4 Å². The molecule has 0 fully saturated rings. The smallest absolute Gasteiger partial charge is 0.122 e. The first-order valence-electron chi connectivity index (χ1n) is 6.79. The Balaban J connectivity index is 5.26. The summed E-state index contributed by atoms with van der Waals surface area (Å²) in [6.45, 7) is 13.4. The molecule has 0 unspecified atom stereocenters. The van der Waals surface area contributed by atoms with E-state index >= 15 is 0 Å². The molecule has 0 aliphatic carbocycles. The van der Waals surface area contributed by atoms with E-state index in [4.69, 9.17) is 0 Å². The molecule has 20 heavy (non-hydrogen) atoms. The van der Waals surface area contributed by atoms with Gasteiger partial charge in [-0.05, 0) is 52.7 Å². The predicted octanol–water partition coefficient (Wildman–Crippen LogP) is 6.06. The van der Waals surface area contributed by atoms with Gasteiger partial charge in [-0.3, -0.25) is 0 Å². The Hall–Kier alpha value is -1.81. The fourth-order valence-electron chi connectivity index (χ4n) is 1.54. The van der Waals surface area contributed by atoms with Crippen LogP contribution >= 0.6 is 0 Å². The molecule has 0 rings (SSSR count). The van der Waals surface area contributed by atoms with Gasteiger partial charge < -0.3 is 0 Å². The van der Waals surface area contributed by atoms with Crippen LogP contribution in [0.25, 0.3) is 0 Å². The van der Waals surface area contributed by atoms with Gasteiger partial charge in [-0.2, -0.15) is 0 Å². The molecule has 0 aromatic carbocycles. The van der Waals surface area contributed by atoms with E-state index in [9.17, 15) is 4.39 Å². The first-order valence-corrected chi connectivity index (χ1v) is 6.79. The van der Waals surface area contributed by atoms with E-state index in [0.717, 1.165) is 5.57 Å². The van der Waals surface area contributed by atoms with E-state index < -0.39 is 0 Å². The molecule has 0 saturated carbocycles. The zero-order chi connectivity index (χ0) is 15.5. The van der Waals surface area contributed by atoms with Crippen LogP contribution in [0.1, 0.15) is 47.5 Å². The van der Waals surface area contributed by atoms with Gasteiger partial charge in [-0.1, -0.05) is 47.4 Å². The Kier molecular flexibility index (Phi) is 9.13. The van der Waals surface area contributed by atoms with Crippen LogP contribution in [0.5, 0.6) is 0 Å². The summed E-state index contributed by atoms with van der Waals surface area (Å²) >= 11 is 0. The number of hydrogen-bond donors (Lipinski definition) is 0. The lowest BCUT2D eigenvalue weighted by molar-refractivity contribution is 0.649. The Morgan fingerprint density at radius 2 is 1.85 bits per heavy atom. The third-order valence-electron chi connectivity index (χ3n) is 2.98. The van der Waals surface area contributed by atoms with Crippen LogP contribution in [-0.4, -0.2) is 0 Å². The maximum Gasteiger partial charge on any atom is 0.122 e. The lowest BCUT2D eigenvalue weighted by atomic mass is 9.99. The van der Waals surface area contributed by atoms with Crippen LogP contribution in [0.15, 0.2) is 59.0 Å². The summed E-state index contributed by atoms with van der Waals surface area (Å²) in [5, 5.41) is 0. The molecule has 0 amide bonds. The third kappa shape index (κ3) is 7.59. The van der Waals surface area contributed by atoms with Crippen molar-refractivity contribution in [3.05, 3.63) is 59.0 Å². The van der Waals surface area contributed by atoms with Crippen molar-refractivity contribution >= 4 is 0 Å². The molecule has 0 spiro atoms. The average molecular weight is 272 g/mol. The average Bonchev–Trinajstić information content (AvgIpc) is 2.41. The minimum atomic E-state index is -0.199. The van der Waals surface area contributed by atoms with Crippen LogP contribution in [0.4, 0.5) is 4.39 Å². The molecular weight excluding hydrogens is 247 g/mol. The van der Waals surface area contributed by atoms with Gasteiger partial charge in [-0.15, -0.1) is 5.92 Å². The molecule has 0 bridgehead atoms. The molecule has 0 aromatic rings. The second-order valence-corrected chi connectivity index (χ2v) is 4.99. The first kappa shape index (κ1) is 18.2. The Morgan fingerprint density at radius 3 is 2.35 bits per heavy atom. The van der Waals surface area contributed by atoms with Crippen molar-refractivity contribution < 1.29 is 4.39 Å². The topological polar surface area (TPSA) is 0 Å². The molecule has 1 heteroatoms. The fourth-order valence-corrected chi connectivity index (χ4v) is 1.54. The highest BCUT2D eigenvalue weighted by atomic mass is 19.1. The highest BCUT2D eigenvalue weighted by molar-refractivity contribution is 5.32. The van der Waals surface area contributed by atoms with Gasteiger partial charge in [0.25, 0.3) is 0 Å². The van der Waals surface area contributed by atoms with E-state index in [-0.39, 0.29) is 5.83 Å². The zero-order valence-corrected chi connectivity index (χ0v) is 13.3. The number of rotatable bonds is 6. The number of halogens is 1. The molecule has 0 nitrogen and oxygen atoms in total. The summed E-state index contributed by atoms with van der Waals surface area (Å²) in [7, 11) is 0. The van der Waals surface area contributed by atoms with Gasteiger partial charge in [-0.25, -0.2) is 4.39 Å². The molecule has 108 valence electrons. The molecule has 0 saturated heterocycles. The Labute approximate surface area is 123 Å². The van der Waals surface area contributed by atoms with Gasteiger partial charge in [0, 0.05) is 6.42 Å². The van der Waals surface area contributed by atoms with Gasteiger partial charge in [0.15, 0.2) is 0 Å². The van der Waals surface area contributed by atoms with Crippen molar-refractivity contribution in [3.8, 4) is 11.8 Å². The normalized spacial score (nSPS) is 12.6. The Morgan fingerprint density at radius 1 is 1.20 bits per heavy atom. The van der Waals surface area contributed by atoms with Crippen LogP contribution in [-0.2, 0) is 0 Å². The van der Waals surface area contributed by atoms with Crippen molar-refractivity contribution in [1.29, 1.82) is 0 Å². The molecule has 0 aliphatic heterocycles. The quantitative estimate of drug-likeness (QED) is 0.407. The van der Waals surface area contributed by atoms with Crippen LogP contribution in [0.3, 0.4) is 0 Å². The second-order valence-electron chi connectivity index (χ2n) is 4.99. The largest absolute Gasteiger partial charge is 0.207 e. The first-order chi connectivity index (χ1) is 9.42. The van der Waals surface area contributed by atoms with Crippen LogP contribution in [0, 0.1) is 11.8 Å².